The first-order valence-corrected chi connectivity index (χ1v) is 10.6. The van der Waals surface area contributed by atoms with Gasteiger partial charge in [0.25, 0.3) is 6.23 Å². The zero-order valence-corrected chi connectivity index (χ0v) is 18.2. The predicted octanol–water partition coefficient (Wildman–Crippen LogP) is 5.35. The second kappa shape index (κ2) is 7.81. The number of carbonyl (C=O) groups is 1. The second-order valence-electron chi connectivity index (χ2n) is 7.40. The van der Waals surface area contributed by atoms with Gasteiger partial charge in [-0.1, -0.05) is 28.1 Å². The largest absolute Gasteiger partial charge is 0.497 e. The minimum atomic E-state index is -0.898. The fraction of sp³-hybridized carbons (Fsp3) is 0.167. The molecule has 7 heteroatoms. The highest BCUT2D eigenvalue weighted by Gasteiger charge is 2.43. The molecule has 5 nitrogen and oxygen atoms in total. The summed E-state index contributed by atoms with van der Waals surface area (Å²) in [5.74, 6) is 0.842. The molecule has 2 aliphatic heterocycles. The van der Waals surface area contributed by atoms with Crippen molar-refractivity contribution in [1.82, 2.24) is 5.01 Å². The van der Waals surface area contributed by atoms with Crippen molar-refractivity contribution in [2.24, 2.45) is 5.10 Å². The highest BCUT2D eigenvalue weighted by molar-refractivity contribution is 9.10. The summed E-state index contributed by atoms with van der Waals surface area (Å²) in [4.78, 5) is 13.4. The standard InChI is InChI=1S/C24H18BrFN2O3/c1-30-18-9-4-15(5-10-18)23(29)24-28-21(19-12-16(25)6-11-22(19)31-24)13-20(27-28)14-2-7-17(26)8-3-14/h2-12,21,24H,13H2,1H3. The fourth-order valence-electron chi connectivity index (χ4n) is 3.95. The van der Waals surface area contributed by atoms with E-state index in [0.29, 0.717) is 23.5 Å². The molecule has 0 spiro atoms. The van der Waals surface area contributed by atoms with Crippen LogP contribution in [0.5, 0.6) is 11.5 Å². The highest BCUT2D eigenvalue weighted by Crippen LogP contribution is 2.44. The third-order valence-corrected chi connectivity index (χ3v) is 6.02. The van der Waals surface area contributed by atoms with E-state index in [4.69, 9.17) is 14.6 Å². The number of rotatable bonds is 4. The van der Waals surface area contributed by atoms with Crippen molar-refractivity contribution < 1.29 is 18.7 Å². The van der Waals surface area contributed by atoms with Gasteiger partial charge >= 0.3 is 0 Å². The lowest BCUT2D eigenvalue weighted by Crippen LogP contribution is -2.45. The molecule has 2 atom stereocenters. The lowest BCUT2D eigenvalue weighted by Gasteiger charge is -2.37. The van der Waals surface area contributed by atoms with Crippen molar-refractivity contribution >= 4 is 27.4 Å². The Labute approximate surface area is 187 Å². The van der Waals surface area contributed by atoms with Crippen LogP contribution in [0.15, 0.2) is 76.3 Å². The normalized spacial score (nSPS) is 19.2. The number of halogens is 2. The molecule has 31 heavy (non-hydrogen) atoms. The first-order chi connectivity index (χ1) is 15.0. The van der Waals surface area contributed by atoms with Crippen LogP contribution < -0.4 is 9.47 Å². The molecular formula is C24H18BrFN2O3. The molecule has 0 N–H and O–H groups in total. The number of hydrogen-bond acceptors (Lipinski definition) is 5. The van der Waals surface area contributed by atoms with E-state index in [-0.39, 0.29) is 17.6 Å². The highest BCUT2D eigenvalue weighted by atomic mass is 79.9. The van der Waals surface area contributed by atoms with Gasteiger partial charge in [0.15, 0.2) is 0 Å². The zero-order chi connectivity index (χ0) is 21.5. The molecule has 5 rings (SSSR count). The Hall–Kier alpha value is -3.19. The van der Waals surface area contributed by atoms with Gasteiger partial charge in [0.05, 0.1) is 18.9 Å². The smallest absolute Gasteiger partial charge is 0.251 e. The third kappa shape index (κ3) is 3.59. The van der Waals surface area contributed by atoms with E-state index in [1.54, 1.807) is 48.5 Å². The molecule has 0 bridgehead atoms. The minimum absolute atomic E-state index is 0.159. The average Bonchev–Trinajstić information content (AvgIpc) is 3.24. The van der Waals surface area contributed by atoms with Gasteiger partial charge < -0.3 is 9.47 Å². The number of carbonyl (C=O) groups excluding carboxylic acids is 1. The van der Waals surface area contributed by atoms with Gasteiger partial charge in [-0.05, 0) is 60.2 Å². The monoisotopic (exact) mass is 480 g/mol. The molecule has 2 unspecified atom stereocenters. The van der Waals surface area contributed by atoms with Gasteiger partial charge in [0, 0.05) is 22.0 Å². The Bertz CT molecular complexity index is 1180. The Morgan fingerprint density at radius 1 is 1.13 bits per heavy atom. The number of benzene rings is 3. The van der Waals surface area contributed by atoms with Crippen LogP contribution in [0.2, 0.25) is 0 Å². The summed E-state index contributed by atoms with van der Waals surface area (Å²) in [7, 11) is 1.58. The van der Waals surface area contributed by atoms with Gasteiger partial charge in [0.2, 0.25) is 5.78 Å². The molecular weight excluding hydrogens is 463 g/mol. The quantitative estimate of drug-likeness (QED) is 0.472. The maximum absolute atomic E-state index is 13.4. The van der Waals surface area contributed by atoms with Gasteiger partial charge in [-0.3, -0.25) is 4.79 Å². The lowest BCUT2D eigenvalue weighted by atomic mass is 9.96. The van der Waals surface area contributed by atoms with Crippen LogP contribution in [0.1, 0.15) is 33.9 Å². The summed E-state index contributed by atoms with van der Waals surface area (Å²) in [6.45, 7) is 0. The molecule has 0 radical (unpaired) electrons. The van der Waals surface area contributed by atoms with Crippen molar-refractivity contribution in [2.45, 2.75) is 18.7 Å². The molecule has 0 aliphatic carbocycles. The average molecular weight is 481 g/mol. The van der Waals surface area contributed by atoms with E-state index in [1.165, 1.54) is 12.1 Å². The third-order valence-electron chi connectivity index (χ3n) is 5.53. The number of methoxy groups -OCH3 is 1. The Balaban J connectivity index is 1.55. The fourth-order valence-corrected chi connectivity index (χ4v) is 4.32. The van der Waals surface area contributed by atoms with Crippen LogP contribution in [-0.2, 0) is 0 Å². The number of ketones is 1. The number of Topliss-reactive ketones (excluding diaryl/α,β-unsaturated/α-hetero) is 1. The van der Waals surface area contributed by atoms with Gasteiger partial charge in [0.1, 0.15) is 17.3 Å². The first-order valence-electron chi connectivity index (χ1n) is 9.79. The molecule has 3 aromatic carbocycles. The van der Waals surface area contributed by atoms with Crippen LogP contribution >= 0.6 is 15.9 Å². The van der Waals surface area contributed by atoms with Crippen LogP contribution in [-0.4, -0.2) is 29.8 Å². The van der Waals surface area contributed by atoms with Crippen molar-refractivity contribution in [1.29, 1.82) is 0 Å². The van der Waals surface area contributed by atoms with Gasteiger partial charge in [-0.15, -0.1) is 0 Å². The molecule has 0 saturated carbocycles. The number of hydrogen-bond donors (Lipinski definition) is 0. The van der Waals surface area contributed by atoms with Crippen LogP contribution in [0.4, 0.5) is 4.39 Å². The summed E-state index contributed by atoms with van der Waals surface area (Å²) in [6.07, 6.45) is -0.310. The molecule has 156 valence electrons. The van der Waals surface area contributed by atoms with E-state index in [2.05, 4.69) is 15.9 Å². The van der Waals surface area contributed by atoms with Crippen molar-refractivity contribution in [2.75, 3.05) is 7.11 Å². The van der Waals surface area contributed by atoms with Crippen LogP contribution in [0.3, 0.4) is 0 Å². The SMILES string of the molecule is COc1ccc(C(=O)C2Oc3ccc(Br)cc3C3CC(c4ccc(F)cc4)=NN23)cc1. The van der Waals surface area contributed by atoms with Crippen LogP contribution in [0, 0.1) is 5.82 Å². The summed E-state index contributed by atoms with van der Waals surface area (Å²) in [6, 6.07) is 18.7. The van der Waals surface area contributed by atoms with E-state index >= 15 is 0 Å². The van der Waals surface area contributed by atoms with Crippen molar-refractivity contribution in [3.8, 4) is 11.5 Å². The van der Waals surface area contributed by atoms with E-state index in [0.717, 1.165) is 21.3 Å². The molecule has 2 aliphatic rings. The van der Waals surface area contributed by atoms with Crippen LogP contribution in [0.25, 0.3) is 0 Å². The maximum Gasteiger partial charge on any atom is 0.251 e. The topological polar surface area (TPSA) is 51.1 Å². The number of hydrazone groups is 1. The summed E-state index contributed by atoms with van der Waals surface area (Å²) < 4.78 is 25.6. The molecule has 3 aromatic rings. The molecule has 0 fully saturated rings. The minimum Gasteiger partial charge on any atom is -0.497 e. The maximum atomic E-state index is 13.4. The van der Waals surface area contributed by atoms with Crippen molar-refractivity contribution in [3.05, 3.63) is 93.7 Å². The van der Waals surface area contributed by atoms with Gasteiger partial charge in [-0.25, -0.2) is 9.40 Å². The van der Waals surface area contributed by atoms with E-state index in [9.17, 15) is 9.18 Å². The number of fused-ring (bicyclic) bond motifs is 3. The summed E-state index contributed by atoms with van der Waals surface area (Å²) >= 11 is 3.52. The first kappa shape index (κ1) is 19.8. The predicted molar refractivity (Wildman–Crippen MR) is 118 cm³/mol. The Morgan fingerprint density at radius 3 is 2.58 bits per heavy atom. The second-order valence-corrected chi connectivity index (χ2v) is 8.31. The molecule has 2 heterocycles. The molecule has 0 amide bonds. The Morgan fingerprint density at radius 2 is 1.87 bits per heavy atom. The number of nitrogens with zero attached hydrogens (tertiary/aromatic N) is 2. The Kier molecular flexibility index (Phi) is 4.98. The van der Waals surface area contributed by atoms with E-state index in [1.807, 2.05) is 18.2 Å². The summed E-state index contributed by atoms with van der Waals surface area (Å²) in [5, 5.41) is 6.46. The molecule has 0 aromatic heterocycles. The van der Waals surface area contributed by atoms with E-state index < -0.39 is 6.23 Å². The summed E-state index contributed by atoms with van der Waals surface area (Å²) in [5.41, 5.74) is 3.07. The zero-order valence-electron chi connectivity index (χ0n) is 16.6. The number of ether oxygens (including phenoxy) is 2. The van der Waals surface area contributed by atoms with Crippen molar-refractivity contribution in [3.63, 3.8) is 0 Å². The lowest BCUT2D eigenvalue weighted by molar-refractivity contribution is -0.00459. The van der Waals surface area contributed by atoms with Gasteiger partial charge in [-0.2, -0.15) is 5.10 Å². The molecule has 0 saturated heterocycles.